The summed E-state index contributed by atoms with van der Waals surface area (Å²) in [7, 11) is 0. The summed E-state index contributed by atoms with van der Waals surface area (Å²) in [5, 5.41) is 11.1. The first kappa shape index (κ1) is 22.0. The number of esters is 1. The van der Waals surface area contributed by atoms with E-state index in [-0.39, 0.29) is 11.9 Å². The fraction of sp³-hybridized carbons (Fsp3) is 0.200. The Kier molecular flexibility index (Phi) is 5.93. The summed E-state index contributed by atoms with van der Waals surface area (Å²) in [5.41, 5.74) is 1.72. The second kappa shape index (κ2) is 9.18. The lowest BCUT2D eigenvalue weighted by molar-refractivity contribution is -0.116. The van der Waals surface area contributed by atoms with Crippen molar-refractivity contribution in [2.75, 3.05) is 12.4 Å². The van der Waals surface area contributed by atoms with E-state index >= 15 is 0 Å². The van der Waals surface area contributed by atoms with Crippen LogP contribution in [0.3, 0.4) is 0 Å². The second-order valence-corrected chi connectivity index (χ2v) is 8.76. The summed E-state index contributed by atoms with van der Waals surface area (Å²) in [6, 6.07) is 18.2. The van der Waals surface area contributed by atoms with Crippen molar-refractivity contribution in [3.63, 3.8) is 0 Å². The number of amidine groups is 1. The van der Waals surface area contributed by atoms with Gasteiger partial charge in [-0.3, -0.25) is 10.1 Å². The maximum Gasteiger partial charge on any atom is 0.338 e. The number of hydrogen-bond acceptors (Lipinski definition) is 8. The minimum Gasteiger partial charge on any atom is -0.462 e. The van der Waals surface area contributed by atoms with Gasteiger partial charge in [0.15, 0.2) is 10.9 Å². The minimum atomic E-state index is -0.629. The summed E-state index contributed by atoms with van der Waals surface area (Å²) < 4.78 is 11.2. The Morgan fingerprint density at radius 3 is 2.68 bits per heavy atom. The van der Waals surface area contributed by atoms with Crippen LogP contribution in [-0.4, -0.2) is 34.4 Å². The molecule has 0 bridgehead atoms. The molecular weight excluding hydrogens is 452 g/mol. The molecule has 2 aliphatic rings. The SMILES string of the molecule is CCOC(=O)c1ccc(-c2ccc([C@@H]3N=c4ccccc4=C4C(=O)NC(SCC)=NN43)o2)cc1. The number of amides is 1. The third kappa shape index (κ3) is 3.99. The zero-order valence-corrected chi connectivity index (χ0v) is 19.5. The number of ether oxygens (including phenoxy) is 1. The number of furan rings is 1. The second-order valence-electron chi connectivity index (χ2n) is 7.51. The zero-order valence-electron chi connectivity index (χ0n) is 18.6. The first-order valence-electron chi connectivity index (χ1n) is 11.0. The zero-order chi connectivity index (χ0) is 23.7. The summed E-state index contributed by atoms with van der Waals surface area (Å²) in [4.78, 5) is 29.8. The molecule has 5 rings (SSSR count). The van der Waals surface area contributed by atoms with E-state index in [0.717, 1.165) is 16.5 Å². The topological polar surface area (TPSA) is 96.5 Å². The van der Waals surface area contributed by atoms with E-state index in [9.17, 15) is 9.59 Å². The van der Waals surface area contributed by atoms with Crippen LogP contribution in [0, 0.1) is 0 Å². The normalized spacial score (nSPS) is 16.7. The molecule has 1 N–H and O–H groups in total. The van der Waals surface area contributed by atoms with E-state index < -0.39 is 6.17 Å². The van der Waals surface area contributed by atoms with Gasteiger partial charge in [0.25, 0.3) is 5.91 Å². The van der Waals surface area contributed by atoms with Crippen LogP contribution in [0.1, 0.15) is 36.1 Å². The fourth-order valence-electron chi connectivity index (χ4n) is 3.85. The van der Waals surface area contributed by atoms with Crippen molar-refractivity contribution in [1.29, 1.82) is 0 Å². The van der Waals surface area contributed by atoms with Crippen molar-refractivity contribution in [3.05, 3.63) is 82.6 Å². The summed E-state index contributed by atoms with van der Waals surface area (Å²) in [5.74, 6) is 1.36. The van der Waals surface area contributed by atoms with Crippen LogP contribution in [0.2, 0.25) is 0 Å². The van der Waals surface area contributed by atoms with Gasteiger partial charge in [0.2, 0.25) is 6.17 Å². The van der Waals surface area contributed by atoms with Crippen LogP contribution in [0.25, 0.3) is 17.0 Å². The highest BCUT2D eigenvalue weighted by molar-refractivity contribution is 8.13. The third-order valence-corrected chi connectivity index (χ3v) is 6.10. The largest absolute Gasteiger partial charge is 0.462 e. The van der Waals surface area contributed by atoms with Crippen molar-refractivity contribution in [1.82, 2.24) is 10.3 Å². The van der Waals surface area contributed by atoms with Crippen LogP contribution in [0.4, 0.5) is 0 Å². The lowest BCUT2D eigenvalue weighted by Gasteiger charge is -2.32. The Labute approximate surface area is 200 Å². The molecule has 2 aliphatic heterocycles. The number of rotatable bonds is 5. The number of hydrogen-bond donors (Lipinski definition) is 1. The van der Waals surface area contributed by atoms with Crippen molar-refractivity contribution >= 4 is 34.5 Å². The molecule has 0 spiro atoms. The number of fused-ring (bicyclic) bond motifs is 2. The fourth-order valence-corrected chi connectivity index (χ4v) is 4.43. The maximum atomic E-state index is 13.0. The number of hydrazone groups is 1. The van der Waals surface area contributed by atoms with Crippen LogP contribution >= 0.6 is 11.8 Å². The third-order valence-electron chi connectivity index (χ3n) is 5.36. The number of nitrogens with one attached hydrogen (secondary N) is 1. The van der Waals surface area contributed by atoms with E-state index in [1.807, 2.05) is 55.5 Å². The smallest absolute Gasteiger partial charge is 0.338 e. The standard InChI is InChI=1S/C25H22N4O4S/c1-3-32-24(31)16-11-9-15(10-12-16)19-13-14-20(33-19)22-26-18-8-6-5-7-17(18)21-23(30)27-25(34-4-2)28-29(21)22/h5-14,22H,3-4H2,1-2H3,(H,27,28,30)/t22-/m1/s1. The Hall–Kier alpha value is -3.85. The average Bonchev–Trinajstić information content (AvgIpc) is 3.34. The molecule has 0 fully saturated rings. The summed E-state index contributed by atoms with van der Waals surface area (Å²) in [6.45, 7) is 4.09. The molecule has 3 aromatic rings. The Morgan fingerprint density at radius 2 is 1.91 bits per heavy atom. The molecule has 1 amide bonds. The van der Waals surface area contributed by atoms with E-state index in [2.05, 4.69) is 10.4 Å². The molecule has 0 unspecified atom stereocenters. The monoisotopic (exact) mass is 474 g/mol. The Morgan fingerprint density at radius 1 is 1.12 bits per heavy atom. The van der Waals surface area contributed by atoms with Gasteiger partial charge in [-0.1, -0.05) is 49.0 Å². The highest BCUT2D eigenvalue weighted by Gasteiger charge is 2.35. The quantitative estimate of drug-likeness (QED) is 0.571. The Balaban J connectivity index is 1.53. The van der Waals surface area contributed by atoms with Gasteiger partial charge in [-0.15, -0.1) is 5.10 Å². The van der Waals surface area contributed by atoms with Crippen LogP contribution in [0.5, 0.6) is 0 Å². The molecule has 1 aromatic heterocycles. The van der Waals surface area contributed by atoms with Gasteiger partial charge in [0.1, 0.15) is 11.5 Å². The molecule has 0 saturated carbocycles. The predicted molar refractivity (Wildman–Crippen MR) is 129 cm³/mol. The van der Waals surface area contributed by atoms with E-state index in [1.54, 1.807) is 24.1 Å². The van der Waals surface area contributed by atoms with Gasteiger partial charge in [0.05, 0.1) is 17.5 Å². The molecule has 2 aromatic carbocycles. The van der Waals surface area contributed by atoms with Crippen LogP contribution in [0.15, 0.2) is 75.2 Å². The first-order chi connectivity index (χ1) is 16.6. The van der Waals surface area contributed by atoms with Gasteiger partial charge in [-0.2, -0.15) is 0 Å². The number of nitrogens with zero attached hydrogens (tertiary/aromatic N) is 3. The van der Waals surface area contributed by atoms with Crippen LogP contribution < -0.4 is 15.9 Å². The maximum absolute atomic E-state index is 13.0. The van der Waals surface area contributed by atoms with Crippen LogP contribution in [-0.2, 0) is 9.53 Å². The number of para-hydroxylation sites is 1. The average molecular weight is 475 g/mol. The van der Waals surface area contributed by atoms with Gasteiger partial charge in [-0.05, 0) is 43.0 Å². The lowest BCUT2D eigenvalue weighted by Crippen LogP contribution is -2.50. The molecule has 34 heavy (non-hydrogen) atoms. The molecule has 172 valence electrons. The molecule has 0 saturated heterocycles. The van der Waals surface area contributed by atoms with E-state index in [1.165, 1.54) is 11.8 Å². The van der Waals surface area contributed by atoms with Crippen molar-refractivity contribution < 1.29 is 18.7 Å². The highest BCUT2D eigenvalue weighted by Crippen LogP contribution is 2.34. The van der Waals surface area contributed by atoms with Crippen molar-refractivity contribution in [2.24, 2.45) is 10.1 Å². The molecule has 0 aliphatic carbocycles. The summed E-state index contributed by atoms with van der Waals surface area (Å²) >= 11 is 1.45. The molecule has 1 atom stereocenters. The summed E-state index contributed by atoms with van der Waals surface area (Å²) in [6.07, 6.45) is -0.629. The number of carbonyl (C=O) groups excluding carboxylic acids is 2. The van der Waals surface area contributed by atoms with E-state index in [0.29, 0.717) is 39.9 Å². The van der Waals surface area contributed by atoms with Gasteiger partial charge >= 0.3 is 5.97 Å². The van der Waals surface area contributed by atoms with E-state index in [4.69, 9.17) is 14.1 Å². The van der Waals surface area contributed by atoms with Crippen molar-refractivity contribution in [3.8, 4) is 11.3 Å². The number of benzene rings is 2. The first-order valence-corrected chi connectivity index (χ1v) is 11.9. The van der Waals surface area contributed by atoms with Crippen molar-refractivity contribution in [2.45, 2.75) is 20.0 Å². The number of carbonyl (C=O) groups is 2. The predicted octanol–water partition coefficient (Wildman–Crippen LogP) is 3.02. The van der Waals surface area contributed by atoms with Gasteiger partial charge < -0.3 is 9.15 Å². The molecule has 8 nitrogen and oxygen atoms in total. The lowest BCUT2D eigenvalue weighted by atomic mass is 10.1. The van der Waals surface area contributed by atoms with Gasteiger partial charge in [-0.25, -0.2) is 14.8 Å². The minimum absolute atomic E-state index is 0.223. The number of thioether (sulfide) groups is 1. The molecule has 9 heteroatoms. The molecule has 3 heterocycles. The molecule has 0 radical (unpaired) electrons. The highest BCUT2D eigenvalue weighted by atomic mass is 32.2. The van der Waals surface area contributed by atoms with Gasteiger partial charge in [0, 0.05) is 10.8 Å². The Bertz CT molecular complexity index is 1410. The molecular formula is C25H22N4O4S.